The van der Waals surface area contributed by atoms with Gasteiger partial charge in [0.1, 0.15) is 5.60 Å². The van der Waals surface area contributed by atoms with Crippen LogP contribution in [0.2, 0.25) is 0 Å². The quantitative estimate of drug-likeness (QED) is 0.742. The van der Waals surface area contributed by atoms with E-state index in [0.29, 0.717) is 25.7 Å². The van der Waals surface area contributed by atoms with Crippen LogP contribution in [0.1, 0.15) is 54.4 Å². The van der Waals surface area contributed by atoms with Crippen LogP contribution in [0.5, 0.6) is 0 Å². The summed E-state index contributed by atoms with van der Waals surface area (Å²) in [7, 11) is 0. The molecular weight excluding hydrogens is 308 g/mol. The summed E-state index contributed by atoms with van der Waals surface area (Å²) >= 11 is 0. The van der Waals surface area contributed by atoms with Crippen molar-refractivity contribution in [1.82, 2.24) is 10.2 Å². The van der Waals surface area contributed by atoms with E-state index in [1.54, 1.807) is 4.90 Å². The number of hydrogen-bond acceptors (Lipinski definition) is 5. The molecule has 1 fully saturated rings. The topological polar surface area (TPSA) is 71.0 Å². The van der Waals surface area contributed by atoms with Gasteiger partial charge < -0.3 is 24.8 Å². The molecule has 0 unspecified atom stereocenters. The van der Waals surface area contributed by atoms with E-state index in [0.717, 1.165) is 19.4 Å². The Morgan fingerprint density at radius 2 is 2.04 bits per heavy atom. The summed E-state index contributed by atoms with van der Waals surface area (Å²) in [5, 5.41) is 12.9. The van der Waals surface area contributed by atoms with Crippen LogP contribution in [0.4, 0.5) is 4.79 Å². The number of carbonyl (C=O) groups excluding carboxylic acids is 1. The van der Waals surface area contributed by atoms with Crippen molar-refractivity contribution in [3.8, 4) is 0 Å². The lowest BCUT2D eigenvalue weighted by molar-refractivity contribution is -0.0356. The van der Waals surface area contributed by atoms with Crippen molar-refractivity contribution in [3.63, 3.8) is 0 Å². The van der Waals surface area contributed by atoms with Crippen LogP contribution in [0.25, 0.3) is 0 Å². The van der Waals surface area contributed by atoms with Gasteiger partial charge in [0.15, 0.2) is 0 Å². The Morgan fingerprint density at radius 1 is 1.38 bits per heavy atom. The summed E-state index contributed by atoms with van der Waals surface area (Å²) in [6.07, 6.45) is 1.08. The fourth-order valence-electron chi connectivity index (χ4n) is 2.97. The number of hydrogen-bond donors (Lipinski definition) is 2. The van der Waals surface area contributed by atoms with Gasteiger partial charge in [-0.2, -0.15) is 0 Å². The van der Waals surface area contributed by atoms with Crippen molar-refractivity contribution in [1.29, 1.82) is 0 Å². The number of rotatable bonds is 7. The van der Waals surface area contributed by atoms with Gasteiger partial charge in [-0.3, -0.25) is 0 Å². The Hall–Kier alpha value is -0.850. The smallest absolute Gasteiger partial charge is 0.410 e. The SMILES string of the molecule is C[C@H](CN[C@@H](C)C[C@@H]1COCCN1C(=O)OC(C)(C)C)C[C@H](C)O. The molecule has 0 radical (unpaired) electrons. The second kappa shape index (κ2) is 9.59. The Bertz CT molecular complexity index is 382. The number of aliphatic hydroxyl groups is 1. The minimum absolute atomic E-state index is 0.0307. The number of carbonyl (C=O) groups is 1. The Kier molecular flexibility index (Phi) is 8.46. The largest absolute Gasteiger partial charge is 0.444 e. The molecule has 1 rings (SSSR count). The molecule has 24 heavy (non-hydrogen) atoms. The number of aliphatic hydroxyl groups excluding tert-OH is 1. The predicted octanol–water partition coefficient (Wildman–Crippen LogP) is 2.40. The van der Waals surface area contributed by atoms with Gasteiger partial charge in [0.25, 0.3) is 0 Å². The summed E-state index contributed by atoms with van der Waals surface area (Å²) in [6, 6.07) is 0.293. The molecule has 4 atom stereocenters. The van der Waals surface area contributed by atoms with E-state index < -0.39 is 5.60 Å². The predicted molar refractivity (Wildman–Crippen MR) is 95.1 cm³/mol. The first-order chi connectivity index (χ1) is 11.1. The lowest BCUT2D eigenvalue weighted by Crippen LogP contribution is -2.52. The molecule has 1 saturated heterocycles. The molecule has 1 aliphatic rings. The average Bonchev–Trinajstić information content (AvgIpc) is 2.43. The highest BCUT2D eigenvalue weighted by molar-refractivity contribution is 5.68. The number of nitrogens with zero attached hydrogens (tertiary/aromatic N) is 1. The van der Waals surface area contributed by atoms with Gasteiger partial charge in [0.2, 0.25) is 0 Å². The second-order valence-corrected chi connectivity index (χ2v) is 8.14. The zero-order chi connectivity index (χ0) is 18.3. The highest BCUT2D eigenvalue weighted by Crippen LogP contribution is 2.18. The summed E-state index contributed by atoms with van der Waals surface area (Å²) in [4.78, 5) is 14.2. The molecule has 0 aliphatic carbocycles. The molecule has 2 N–H and O–H groups in total. The first-order valence-electron chi connectivity index (χ1n) is 9.07. The van der Waals surface area contributed by atoms with Crippen LogP contribution in [0.3, 0.4) is 0 Å². The zero-order valence-electron chi connectivity index (χ0n) is 16.2. The molecular formula is C18H36N2O4. The Labute approximate surface area is 146 Å². The molecule has 1 amide bonds. The van der Waals surface area contributed by atoms with Crippen LogP contribution >= 0.6 is 0 Å². The summed E-state index contributed by atoms with van der Waals surface area (Å²) in [5.74, 6) is 0.414. The van der Waals surface area contributed by atoms with Crippen molar-refractivity contribution < 1.29 is 19.4 Å². The minimum atomic E-state index is -0.486. The van der Waals surface area contributed by atoms with E-state index in [1.807, 2.05) is 27.7 Å². The van der Waals surface area contributed by atoms with Gasteiger partial charge in [-0.25, -0.2) is 4.79 Å². The van der Waals surface area contributed by atoms with Crippen LogP contribution < -0.4 is 5.32 Å². The molecule has 6 heteroatoms. The molecule has 1 aliphatic heterocycles. The normalized spacial score (nSPS) is 22.8. The number of amides is 1. The van der Waals surface area contributed by atoms with Gasteiger partial charge in [0, 0.05) is 12.6 Å². The monoisotopic (exact) mass is 344 g/mol. The van der Waals surface area contributed by atoms with Gasteiger partial charge in [-0.1, -0.05) is 6.92 Å². The van der Waals surface area contributed by atoms with Crippen molar-refractivity contribution in [2.75, 3.05) is 26.3 Å². The van der Waals surface area contributed by atoms with Gasteiger partial charge in [-0.15, -0.1) is 0 Å². The van der Waals surface area contributed by atoms with Crippen molar-refractivity contribution in [2.24, 2.45) is 5.92 Å². The Morgan fingerprint density at radius 3 is 2.62 bits per heavy atom. The molecule has 6 nitrogen and oxygen atoms in total. The molecule has 1 heterocycles. The molecule has 0 saturated carbocycles. The minimum Gasteiger partial charge on any atom is -0.444 e. The first-order valence-corrected chi connectivity index (χ1v) is 9.07. The fourth-order valence-corrected chi connectivity index (χ4v) is 2.97. The van der Waals surface area contributed by atoms with Gasteiger partial charge in [0.05, 0.1) is 25.4 Å². The molecule has 0 aromatic carbocycles. The van der Waals surface area contributed by atoms with Crippen molar-refractivity contribution in [3.05, 3.63) is 0 Å². The maximum Gasteiger partial charge on any atom is 0.410 e. The maximum atomic E-state index is 12.4. The van der Waals surface area contributed by atoms with Crippen molar-refractivity contribution in [2.45, 2.75) is 78.2 Å². The third-order valence-corrected chi connectivity index (χ3v) is 4.04. The molecule has 0 spiro atoms. The number of morpholine rings is 1. The van der Waals surface area contributed by atoms with E-state index in [1.165, 1.54) is 0 Å². The lowest BCUT2D eigenvalue weighted by Gasteiger charge is -2.38. The third kappa shape index (κ3) is 8.31. The third-order valence-electron chi connectivity index (χ3n) is 4.04. The molecule has 0 aromatic heterocycles. The van der Waals surface area contributed by atoms with E-state index in [4.69, 9.17) is 9.47 Å². The summed E-state index contributed by atoms with van der Waals surface area (Å²) < 4.78 is 11.1. The van der Waals surface area contributed by atoms with Crippen LogP contribution in [-0.4, -0.2) is 66.2 Å². The molecule has 0 aromatic rings. The van der Waals surface area contributed by atoms with E-state index in [9.17, 15) is 9.90 Å². The standard InChI is InChI=1S/C18H36N2O4/c1-13(9-15(3)21)11-19-14(2)10-16-12-23-8-7-20(16)17(22)24-18(4,5)6/h13-16,19,21H,7-12H2,1-6H3/t13-,14-,15-,16+/m0/s1. The van der Waals surface area contributed by atoms with E-state index in [-0.39, 0.29) is 24.3 Å². The van der Waals surface area contributed by atoms with Gasteiger partial charge >= 0.3 is 6.09 Å². The molecule has 0 bridgehead atoms. The summed E-state index contributed by atoms with van der Waals surface area (Å²) in [5.41, 5.74) is -0.486. The molecule has 142 valence electrons. The van der Waals surface area contributed by atoms with Gasteiger partial charge in [-0.05, 0) is 59.9 Å². The zero-order valence-corrected chi connectivity index (χ0v) is 16.2. The highest BCUT2D eigenvalue weighted by atomic mass is 16.6. The number of nitrogens with one attached hydrogen (secondary N) is 1. The van der Waals surface area contributed by atoms with Crippen molar-refractivity contribution >= 4 is 6.09 Å². The first kappa shape index (κ1) is 21.2. The highest BCUT2D eigenvalue weighted by Gasteiger charge is 2.31. The summed E-state index contributed by atoms with van der Waals surface area (Å²) in [6.45, 7) is 14.3. The van der Waals surface area contributed by atoms with E-state index >= 15 is 0 Å². The number of ether oxygens (including phenoxy) is 2. The van der Waals surface area contributed by atoms with Crippen LogP contribution in [0.15, 0.2) is 0 Å². The van der Waals surface area contributed by atoms with Crippen LogP contribution in [0, 0.1) is 5.92 Å². The maximum absolute atomic E-state index is 12.4. The Balaban J connectivity index is 2.48. The average molecular weight is 344 g/mol. The lowest BCUT2D eigenvalue weighted by atomic mass is 10.0. The van der Waals surface area contributed by atoms with E-state index in [2.05, 4.69) is 19.2 Å². The fraction of sp³-hybridized carbons (Fsp3) is 0.944. The van der Waals surface area contributed by atoms with Crippen LogP contribution in [-0.2, 0) is 9.47 Å². The second-order valence-electron chi connectivity index (χ2n) is 8.14.